The van der Waals surface area contributed by atoms with E-state index < -0.39 is 10.8 Å². The molecule has 1 unspecified atom stereocenters. The second-order valence-corrected chi connectivity index (χ2v) is 6.17. The number of hydrogen-bond acceptors (Lipinski definition) is 2. The molecule has 0 amide bonds. The highest BCUT2D eigenvalue weighted by molar-refractivity contribution is 7.84. The zero-order chi connectivity index (χ0) is 15.2. The Morgan fingerprint density at radius 3 is 2.33 bits per heavy atom. The Bertz CT molecular complexity index is 648. The molecule has 2 aromatic carbocycles. The van der Waals surface area contributed by atoms with Gasteiger partial charge in [-0.1, -0.05) is 29.8 Å². The van der Waals surface area contributed by atoms with E-state index in [1.165, 1.54) is 5.56 Å². The van der Waals surface area contributed by atoms with Crippen molar-refractivity contribution in [1.82, 2.24) is 0 Å². The molecular weight excluding hydrogens is 282 g/mol. The molecule has 0 saturated carbocycles. The van der Waals surface area contributed by atoms with Gasteiger partial charge in [-0.05, 0) is 36.8 Å². The number of aliphatic imine (C=N–C) groups is 1. The Morgan fingerprint density at radius 1 is 1.14 bits per heavy atom. The molecule has 0 aliphatic rings. The van der Waals surface area contributed by atoms with Crippen LogP contribution in [0.2, 0.25) is 0 Å². The fraction of sp³-hybridized carbons (Fsp3) is 0.188. The molecule has 0 aliphatic carbocycles. The van der Waals surface area contributed by atoms with Gasteiger partial charge < -0.3 is 11.1 Å². The molecule has 0 fully saturated rings. The summed E-state index contributed by atoms with van der Waals surface area (Å²) in [6.07, 6.45) is 1.66. The predicted molar refractivity (Wildman–Crippen MR) is 88.9 cm³/mol. The highest BCUT2D eigenvalue weighted by Gasteiger charge is 1.98. The standard InChI is InChI=1S/C16H19N3OS/c1-12-3-7-14(8-4-12)19-16(17)18-11-13-5-9-15(10-6-13)21(2)20/h3-10H,11H2,1-2H3,(H3,17,18,19). The Kier molecular flexibility index (Phi) is 5.11. The molecule has 0 radical (unpaired) electrons. The minimum atomic E-state index is -0.951. The van der Waals surface area contributed by atoms with Crippen LogP contribution in [0.3, 0.4) is 0 Å². The Morgan fingerprint density at radius 2 is 1.76 bits per heavy atom. The van der Waals surface area contributed by atoms with Crippen molar-refractivity contribution in [2.45, 2.75) is 18.4 Å². The van der Waals surface area contributed by atoms with Gasteiger partial charge >= 0.3 is 0 Å². The number of hydrogen-bond donors (Lipinski definition) is 2. The largest absolute Gasteiger partial charge is 0.370 e. The van der Waals surface area contributed by atoms with Crippen molar-refractivity contribution in [3.63, 3.8) is 0 Å². The summed E-state index contributed by atoms with van der Waals surface area (Å²) in [5.41, 5.74) is 9.00. The minimum Gasteiger partial charge on any atom is -0.370 e. The van der Waals surface area contributed by atoms with E-state index in [1.807, 2.05) is 55.5 Å². The van der Waals surface area contributed by atoms with E-state index in [2.05, 4.69) is 10.3 Å². The van der Waals surface area contributed by atoms with Crippen LogP contribution in [0, 0.1) is 6.92 Å². The lowest BCUT2D eigenvalue weighted by Gasteiger charge is -2.06. The van der Waals surface area contributed by atoms with Crippen molar-refractivity contribution < 1.29 is 4.21 Å². The summed E-state index contributed by atoms with van der Waals surface area (Å²) in [6, 6.07) is 15.5. The van der Waals surface area contributed by atoms with Gasteiger partial charge in [0.2, 0.25) is 0 Å². The second-order valence-electron chi connectivity index (χ2n) is 4.79. The van der Waals surface area contributed by atoms with Crippen molar-refractivity contribution in [1.29, 1.82) is 0 Å². The van der Waals surface area contributed by atoms with E-state index in [0.717, 1.165) is 16.1 Å². The molecule has 0 aromatic heterocycles. The summed E-state index contributed by atoms with van der Waals surface area (Å²) in [5.74, 6) is 0.377. The highest BCUT2D eigenvalue weighted by atomic mass is 32.2. The third-order valence-electron chi connectivity index (χ3n) is 3.01. The van der Waals surface area contributed by atoms with Crippen LogP contribution in [0.4, 0.5) is 5.69 Å². The zero-order valence-corrected chi connectivity index (χ0v) is 13.0. The molecular formula is C16H19N3OS. The quantitative estimate of drug-likeness (QED) is 0.674. The van der Waals surface area contributed by atoms with Gasteiger partial charge in [-0.2, -0.15) is 0 Å². The van der Waals surface area contributed by atoms with E-state index in [4.69, 9.17) is 5.73 Å². The monoisotopic (exact) mass is 301 g/mol. The molecule has 110 valence electrons. The van der Waals surface area contributed by atoms with Gasteiger partial charge in [0.15, 0.2) is 5.96 Å². The average Bonchev–Trinajstić information content (AvgIpc) is 2.48. The lowest BCUT2D eigenvalue weighted by molar-refractivity contribution is 0.687. The number of nitrogens with one attached hydrogen (secondary N) is 1. The number of aryl methyl sites for hydroxylation is 1. The normalized spacial score (nSPS) is 13.0. The van der Waals surface area contributed by atoms with Crippen LogP contribution in [-0.4, -0.2) is 16.4 Å². The lowest BCUT2D eigenvalue weighted by Crippen LogP contribution is -2.22. The molecule has 5 heteroatoms. The van der Waals surface area contributed by atoms with Gasteiger partial charge in [0.1, 0.15) is 0 Å². The van der Waals surface area contributed by atoms with Crippen LogP contribution in [0.15, 0.2) is 58.4 Å². The van der Waals surface area contributed by atoms with Crippen molar-refractivity contribution in [3.05, 3.63) is 59.7 Å². The number of nitrogens with zero attached hydrogens (tertiary/aromatic N) is 1. The SMILES string of the molecule is Cc1ccc(NC(N)=NCc2ccc(S(C)=O)cc2)cc1. The van der Waals surface area contributed by atoms with E-state index in [9.17, 15) is 4.21 Å². The van der Waals surface area contributed by atoms with Crippen molar-refractivity contribution in [2.75, 3.05) is 11.6 Å². The second kappa shape index (κ2) is 7.04. The molecule has 0 bridgehead atoms. The minimum absolute atomic E-state index is 0.377. The van der Waals surface area contributed by atoms with Gasteiger partial charge in [0, 0.05) is 27.6 Å². The smallest absolute Gasteiger partial charge is 0.193 e. The van der Waals surface area contributed by atoms with Gasteiger partial charge in [0.25, 0.3) is 0 Å². The summed E-state index contributed by atoms with van der Waals surface area (Å²) in [4.78, 5) is 5.11. The number of guanidine groups is 1. The van der Waals surface area contributed by atoms with E-state index in [-0.39, 0.29) is 0 Å². The third kappa shape index (κ3) is 4.72. The fourth-order valence-corrected chi connectivity index (χ4v) is 2.31. The first-order chi connectivity index (χ1) is 10.0. The van der Waals surface area contributed by atoms with Crippen LogP contribution in [0.1, 0.15) is 11.1 Å². The third-order valence-corrected chi connectivity index (χ3v) is 3.95. The highest BCUT2D eigenvalue weighted by Crippen LogP contribution is 2.10. The maximum atomic E-state index is 11.3. The number of nitrogens with two attached hydrogens (primary N) is 1. The number of benzene rings is 2. The Hall–Kier alpha value is -2.14. The molecule has 2 rings (SSSR count). The first-order valence-corrected chi connectivity index (χ1v) is 8.16. The van der Waals surface area contributed by atoms with E-state index in [0.29, 0.717) is 12.5 Å². The molecule has 0 aliphatic heterocycles. The van der Waals surface area contributed by atoms with Gasteiger partial charge in [-0.15, -0.1) is 0 Å². The van der Waals surface area contributed by atoms with E-state index >= 15 is 0 Å². The molecule has 0 spiro atoms. The maximum Gasteiger partial charge on any atom is 0.193 e. The Balaban J connectivity index is 1.96. The summed E-state index contributed by atoms with van der Waals surface area (Å²) in [5, 5.41) is 3.05. The van der Waals surface area contributed by atoms with Crippen LogP contribution in [0.25, 0.3) is 0 Å². The summed E-state index contributed by atoms with van der Waals surface area (Å²) in [6.45, 7) is 2.52. The Labute approximate surface area is 127 Å². The zero-order valence-electron chi connectivity index (χ0n) is 12.2. The van der Waals surface area contributed by atoms with Crippen molar-refractivity contribution in [3.8, 4) is 0 Å². The van der Waals surface area contributed by atoms with Gasteiger partial charge in [0.05, 0.1) is 6.54 Å². The van der Waals surface area contributed by atoms with E-state index in [1.54, 1.807) is 6.26 Å². The molecule has 1 atom stereocenters. The van der Waals surface area contributed by atoms with Gasteiger partial charge in [-0.3, -0.25) is 4.21 Å². The van der Waals surface area contributed by atoms with Crippen LogP contribution in [0.5, 0.6) is 0 Å². The molecule has 21 heavy (non-hydrogen) atoms. The maximum absolute atomic E-state index is 11.3. The molecule has 0 heterocycles. The fourth-order valence-electron chi connectivity index (χ4n) is 1.79. The van der Waals surface area contributed by atoms with Gasteiger partial charge in [-0.25, -0.2) is 4.99 Å². The molecule has 0 saturated heterocycles. The first kappa shape index (κ1) is 15.3. The molecule has 2 aromatic rings. The topological polar surface area (TPSA) is 67.5 Å². The summed E-state index contributed by atoms with van der Waals surface area (Å²) >= 11 is 0. The number of anilines is 1. The average molecular weight is 301 g/mol. The number of rotatable bonds is 4. The van der Waals surface area contributed by atoms with Crippen LogP contribution in [-0.2, 0) is 17.3 Å². The summed E-state index contributed by atoms with van der Waals surface area (Å²) < 4.78 is 11.3. The summed E-state index contributed by atoms with van der Waals surface area (Å²) in [7, 11) is -0.951. The molecule has 4 nitrogen and oxygen atoms in total. The molecule has 3 N–H and O–H groups in total. The van der Waals surface area contributed by atoms with Crippen LogP contribution >= 0.6 is 0 Å². The van der Waals surface area contributed by atoms with Crippen molar-refractivity contribution in [2.24, 2.45) is 10.7 Å². The van der Waals surface area contributed by atoms with Crippen molar-refractivity contribution >= 4 is 22.4 Å². The first-order valence-electron chi connectivity index (χ1n) is 6.60. The lowest BCUT2D eigenvalue weighted by atomic mass is 10.2. The van der Waals surface area contributed by atoms with Crippen LogP contribution < -0.4 is 11.1 Å². The predicted octanol–water partition coefficient (Wildman–Crippen LogP) is 2.66.